The van der Waals surface area contributed by atoms with Crippen LogP contribution in [0.15, 0.2) is 77.9 Å². The third-order valence-corrected chi connectivity index (χ3v) is 4.91. The number of amides is 1. The molecule has 0 aliphatic heterocycles. The van der Waals surface area contributed by atoms with Crippen molar-refractivity contribution in [1.82, 2.24) is 14.8 Å². The van der Waals surface area contributed by atoms with E-state index in [9.17, 15) is 14.0 Å². The number of halogens is 1. The molecule has 0 aliphatic carbocycles. The minimum Gasteiger partial charge on any atom is -0.314 e. The zero-order valence-electron chi connectivity index (χ0n) is 16.3. The fraction of sp³-hybridized carbons (Fsp3) is 0.130. The molecule has 0 N–H and O–H groups in total. The van der Waals surface area contributed by atoms with Crippen LogP contribution in [-0.4, -0.2) is 27.7 Å². The van der Waals surface area contributed by atoms with E-state index in [0.29, 0.717) is 23.2 Å². The van der Waals surface area contributed by atoms with Gasteiger partial charge in [0, 0.05) is 36.9 Å². The van der Waals surface area contributed by atoms with Crippen molar-refractivity contribution in [2.75, 3.05) is 11.9 Å². The van der Waals surface area contributed by atoms with Gasteiger partial charge in [-0.3, -0.25) is 14.6 Å². The summed E-state index contributed by atoms with van der Waals surface area (Å²) in [6, 6.07) is 16.6. The molecular formula is C23H19FN4O2. The number of carbonyl (C=O) groups is 1. The highest BCUT2D eigenvalue weighted by Crippen LogP contribution is 2.17. The first-order valence-corrected chi connectivity index (χ1v) is 9.42. The predicted molar refractivity (Wildman–Crippen MR) is 113 cm³/mol. The van der Waals surface area contributed by atoms with Gasteiger partial charge in [0.2, 0.25) is 5.91 Å². The number of carbonyl (C=O) groups excluding carboxylic acids is 1. The van der Waals surface area contributed by atoms with Crippen molar-refractivity contribution >= 4 is 22.4 Å². The molecule has 4 rings (SSSR count). The molecule has 0 saturated heterocycles. The second kappa shape index (κ2) is 8.24. The molecule has 7 heteroatoms. The number of hydrogen-bond acceptors (Lipinski definition) is 4. The molecule has 2 aromatic carbocycles. The van der Waals surface area contributed by atoms with Gasteiger partial charge in [0.25, 0.3) is 5.56 Å². The van der Waals surface area contributed by atoms with Gasteiger partial charge in [0.1, 0.15) is 12.4 Å². The van der Waals surface area contributed by atoms with E-state index in [-0.39, 0.29) is 23.8 Å². The summed E-state index contributed by atoms with van der Waals surface area (Å²) in [7, 11) is 1.58. The first-order chi connectivity index (χ1) is 14.5. The van der Waals surface area contributed by atoms with Gasteiger partial charge in [-0.25, -0.2) is 9.07 Å². The Morgan fingerprint density at radius 1 is 1.03 bits per heavy atom. The third-order valence-electron chi connectivity index (χ3n) is 4.91. The van der Waals surface area contributed by atoms with Gasteiger partial charge >= 0.3 is 0 Å². The van der Waals surface area contributed by atoms with Gasteiger partial charge in [0.05, 0.1) is 11.1 Å². The SMILES string of the molecule is CN(C(=O)Cn1nc(Cc2cccnc2)c2ccccc2c1=O)c1ccc(F)cc1. The number of anilines is 1. The van der Waals surface area contributed by atoms with Crippen LogP contribution >= 0.6 is 0 Å². The third kappa shape index (κ3) is 3.96. The molecule has 0 aliphatic rings. The zero-order valence-corrected chi connectivity index (χ0v) is 16.3. The van der Waals surface area contributed by atoms with E-state index in [1.807, 2.05) is 24.3 Å². The standard InChI is InChI=1S/C23H19FN4O2/c1-27(18-10-8-17(24)9-11-18)22(29)15-28-23(30)20-7-3-2-6-19(20)21(26-28)13-16-5-4-12-25-14-16/h2-12,14H,13,15H2,1H3. The monoisotopic (exact) mass is 402 g/mol. The number of rotatable bonds is 5. The topological polar surface area (TPSA) is 68.1 Å². The van der Waals surface area contributed by atoms with E-state index in [2.05, 4.69) is 10.1 Å². The Morgan fingerprint density at radius 2 is 1.77 bits per heavy atom. The van der Waals surface area contributed by atoms with Gasteiger partial charge in [-0.1, -0.05) is 24.3 Å². The first kappa shape index (κ1) is 19.4. The fourth-order valence-corrected chi connectivity index (χ4v) is 3.28. The lowest BCUT2D eigenvalue weighted by atomic mass is 10.1. The van der Waals surface area contributed by atoms with Gasteiger partial charge in [-0.05, 0) is 42.0 Å². The lowest BCUT2D eigenvalue weighted by Gasteiger charge is -2.18. The van der Waals surface area contributed by atoms with Crippen molar-refractivity contribution in [1.29, 1.82) is 0 Å². The number of fused-ring (bicyclic) bond motifs is 1. The van der Waals surface area contributed by atoms with Gasteiger partial charge in [0.15, 0.2) is 0 Å². The highest BCUT2D eigenvalue weighted by atomic mass is 19.1. The predicted octanol–water partition coefficient (Wildman–Crippen LogP) is 3.18. The molecule has 1 amide bonds. The average molecular weight is 402 g/mol. The molecule has 0 radical (unpaired) electrons. The number of nitrogens with zero attached hydrogens (tertiary/aromatic N) is 4. The van der Waals surface area contributed by atoms with Crippen molar-refractivity contribution in [3.8, 4) is 0 Å². The quantitative estimate of drug-likeness (QED) is 0.514. The molecule has 0 atom stereocenters. The minimum atomic E-state index is -0.382. The molecule has 6 nitrogen and oxygen atoms in total. The highest BCUT2D eigenvalue weighted by molar-refractivity contribution is 5.92. The Morgan fingerprint density at radius 3 is 2.47 bits per heavy atom. The lowest BCUT2D eigenvalue weighted by Crippen LogP contribution is -2.35. The summed E-state index contributed by atoms with van der Waals surface area (Å²) in [6.45, 7) is -0.225. The zero-order chi connectivity index (χ0) is 21.1. The Labute approximate surface area is 172 Å². The number of hydrogen-bond donors (Lipinski definition) is 0. The molecule has 30 heavy (non-hydrogen) atoms. The number of likely N-dealkylation sites (N-methyl/N-ethyl adjacent to an activating group) is 1. The smallest absolute Gasteiger partial charge is 0.275 e. The summed E-state index contributed by atoms with van der Waals surface area (Å²) in [5, 5.41) is 5.75. The maximum Gasteiger partial charge on any atom is 0.275 e. The van der Waals surface area contributed by atoms with Crippen LogP contribution in [0.1, 0.15) is 11.3 Å². The van der Waals surface area contributed by atoms with E-state index in [1.54, 1.807) is 31.6 Å². The van der Waals surface area contributed by atoms with Crippen LogP contribution in [0.4, 0.5) is 10.1 Å². The number of aromatic nitrogens is 3. The maximum atomic E-state index is 13.2. The molecule has 0 bridgehead atoms. The van der Waals surface area contributed by atoms with Crippen molar-refractivity contribution in [2.24, 2.45) is 0 Å². The Hall–Kier alpha value is -3.87. The van der Waals surface area contributed by atoms with E-state index in [1.165, 1.54) is 33.8 Å². The molecule has 0 fully saturated rings. The number of benzene rings is 2. The average Bonchev–Trinajstić information content (AvgIpc) is 2.77. The van der Waals surface area contributed by atoms with Crippen LogP contribution < -0.4 is 10.5 Å². The fourth-order valence-electron chi connectivity index (χ4n) is 3.28. The van der Waals surface area contributed by atoms with Crippen LogP contribution in [0, 0.1) is 5.82 Å². The Balaban J connectivity index is 1.70. The maximum absolute atomic E-state index is 13.2. The molecule has 0 saturated carbocycles. The number of pyridine rings is 1. The Bertz CT molecular complexity index is 1250. The van der Waals surface area contributed by atoms with Crippen LogP contribution in [0.5, 0.6) is 0 Å². The Kier molecular flexibility index (Phi) is 5.34. The van der Waals surface area contributed by atoms with Crippen molar-refractivity contribution in [2.45, 2.75) is 13.0 Å². The second-order valence-electron chi connectivity index (χ2n) is 6.92. The lowest BCUT2D eigenvalue weighted by molar-refractivity contribution is -0.119. The normalized spacial score (nSPS) is 10.9. The van der Waals surface area contributed by atoms with E-state index in [0.717, 1.165) is 10.9 Å². The molecule has 2 heterocycles. The summed E-state index contributed by atoms with van der Waals surface area (Å²) in [5.41, 5.74) is 1.85. The minimum absolute atomic E-state index is 0.225. The summed E-state index contributed by atoms with van der Waals surface area (Å²) < 4.78 is 14.4. The van der Waals surface area contributed by atoms with Gasteiger partial charge in [-0.2, -0.15) is 5.10 Å². The van der Waals surface area contributed by atoms with E-state index < -0.39 is 0 Å². The highest BCUT2D eigenvalue weighted by Gasteiger charge is 2.16. The summed E-state index contributed by atoms with van der Waals surface area (Å²) in [4.78, 5) is 31.2. The summed E-state index contributed by atoms with van der Waals surface area (Å²) in [6.07, 6.45) is 3.93. The largest absolute Gasteiger partial charge is 0.314 e. The van der Waals surface area contributed by atoms with Crippen LogP contribution in [-0.2, 0) is 17.8 Å². The second-order valence-corrected chi connectivity index (χ2v) is 6.92. The van der Waals surface area contributed by atoms with Crippen molar-refractivity contribution < 1.29 is 9.18 Å². The van der Waals surface area contributed by atoms with E-state index in [4.69, 9.17) is 0 Å². The molecular weight excluding hydrogens is 383 g/mol. The van der Waals surface area contributed by atoms with Crippen molar-refractivity contribution in [3.05, 3.63) is 100 Å². The van der Waals surface area contributed by atoms with Crippen LogP contribution in [0.2, 0.25) is 0 Å². The van der Waals surface area contributed by atoms with Crippen molar-refractivity contribution in [3.63, 3.8) is 0 Å². The molecule has 0 unspecified atom stereocenters. The first-order valence-electron chi connectivity index (χ1n) is 9.42. The van der Waals surface area contributed by atoms with Gasteiger partial charge < -0.3 is 4.90 Å². The summed E-state index contributed by atoms with van der Waals surface area (Å²) in [5.74, 6) is -0.717. The van der Waals surface area contributed by atoms with Crippen LogP contribution in [0.3, 0.4) is 0 Å². The molecule has 150 valence electrons. The van der Waals surface area contributed by atoms with E-state index >= 15 is 0 Å². The van der Waals surface area contributed by atoms with Gasteiger partial charge in [-0.15, -0.1) is 0 Å². The molecule has 0 spiro atoms. The molecule has 4 aromatic rings. The van der Waals surface area contributed by atoms with Crippen LogP contribution in [0.25, 0.3) is 10.8 Å². The molecule has 2 aromatic heterocycles. The summed E-state index contributed by atoms with van der Waals surface area (Å²) >= 11 is 0.